The zero-order chi connectivity index (χ0) is 22.8. The zero-order valence-corrected chi connectivity index (χ0v) is 18.6. The number of aryl methyl sites for hydroxylation is 1. The van der Waals surface area contributed by atoms with Crippen LogP contribution in [0.2, 0.25) is 5.02 Å². The highest BCUT2D eigenvalue weighted by atomic mass is 35.5. The van der Waals surface area contributed by atoms with E-state index in [4.69, 9.17) is 17.3 Å². The summed E-state index contributed by atoms with van der Waals surface area (Å²) in [6, 6.07) is 12.5. The van der Waals surface area contributed by atoms with E-state index >= 15 is 0 Å². The third kappa shape index (κ3) is 4.22. The van der Waals surface area contributed by atoms with Gasteiger partial charge in [0.15, 0.2) is 0 Å². The first-order chi connectivity index (χ1) is 15.4. The number of amides is 3. The number of nitrogens with zero attached hydrogens (tertiary/aromatic N) is 4. The van der Waals surface area contributed by atoms with E-state index in [1.165, 1.54) is 0 Å². The van der Waals surface area contributed by atoms with Gasteiger partial charge in [-0.3, -0.25) is 14.5 Å². The normalized spacial score (nSPS) is 13.3. The summed E-state index contributed by atoms with van der Waals surface area (Å²) in [7, 11) is 1.72. The third-order valence-corrected chi connectivity index (χ3v) is 5.64. The highest BCUT2D eigenvalue weighted by Crippen LogP contribution is 2.30. The van der Waals surface area contributed by atoms with Crippen LogP contribution in [0.4, 0.5) is 10.5 Å². The minimum Gasteiger partial charge on any atom is -0.365 e. The highest BCUT2D eigenvalue weighted by Gasteiger charge is 2.29. The summed E-state index contributed by atoms with van der Waals surface area (Å²) in [5.41, 5.74) is 10.5. The van der Waals surface area contributed by atoms with Crippen LogP contribution in [-0.2, 0) is 13.1 Å². The topological polar surface area (TPSA) is 106 Å². The van der Waals surface area contributed by atoms with Crippen LogP contribution < -0.4 is 11.1 Å². The third-order valence-electron chi connectivity index (χ3n) is 5.40. The van der Waals surface area contributed by atoms with Gasteiger partial charge in [0.1, 0.15) is 5.69 Å². The lowest BCUT2D eigenvalue weighted by Gasteiger charge is -2.28. The number of anilines is 1. The molecule has 0 fully saturated rings. The molecule has 164 valence electrons. The monoisotopic (exact) mass is 450 g/mol. The molecule has 9 heteroatoms. The molecule has 0 bridgehead atoms. The Morgan fingerprint density at radius 2 is 2.03 bits per heavy atom. The SMILES string of the molecule is C/N=C/c1ccc(NC(=O)N2CCn3nc(-c4cccc(Cl)c4)c(C(N)=O)c3C2)cc1C. The van der Waals surface area contributed by atoms with Crippen LogP contribution in [-0.4, -0.2) is 46.4 Å². The van der Waals surface area contributed by atoms with Crippen molar-refractivity contribution in [3.05, 3.63) is 69.9 Å². The van der Waals surface area contributed by atoms with Gasteiger partial charge in [0.2, 0.25) is 0 Å². The number of nitrogens with one attached hydrogen (secondary N) is 1. The standard InChI is InChI=1S/C23H23ClN6O2/c1-14-10-18(7-6-16(14)12-26-2)27-23(32)29-8-9-30-19(13-29)20(22(25)31)21(28-30)15-4-3-5-17(24)11-15/h3-7,10-12H,8-9,13H2,1-2H3,(H2,25,31)(H,27,32)/b26-12+. The first-order valence-electron chi connectivity index (χ1n) is 10.1. The van der Waals surface area contributed by atoms with Crippen LogP contribution in [0.5, 0.6) is 0 Å². The Morgan fingerprint density at radius 3 is 2.72 bits per heavy atom. The molecule has 0 radical (unpaired) electrons. The van der Waals surface area contributed by atoms with Gasteiger partial charge in [-0.25, -0.2) is 4.79 Å². The Hall–Kier alpha value is -3.65. The van der Waals surface area contributed by atoms with Crippen molar-refractivity contribution >= 4 is 35.4 Å². The molecule has 32 heavy (non-hydrogen) atoms. The van der Waals surface area contributed by atoms with Crippen molar-refractivity contribution in [3.63, 3.8) is 0 Å². The predicted octanol–water partition coefficient (Wildman–Crippen LogP) is 3.71. The fraction of sp³-hybridized carbons (Fsp3) is 0.217. The number of hydrogen-bond acceptors (Lipinski definition) is 4. The molecule has 8 nitrogen and oxygen atoms in total. The first kappa shape index (κ1) is 21.6. The van der Waals surface area contributed by atoms with Crippen molar-refractivity contribution in [2.75, 3.05) is 18.9 Å². The maximum Gasteiger partial charge on any atom is 0.322 e. The molecule has 0 aliphatic carbocycles. The fourth-order valence-electron chi connectivity index (χ4n) is 3.83. The second-order valence-corrected chi connectivity index (χ2v) is 8.01. The van der Waals surface area contributed by atoms with Crippen molar-refractivity contribution in [1.29, 1.82) is 0 Å². The molecular weight excluding hydrogens is 428 g/mol. The largest absolute Gasteiger partial charge is 0.365 e. The second-order valence-electron chi connectivity index (χ2n) is 7.58. The number of carbonyl (C=O) groups excluding carboxylic acids is 2. The number of primary amides is 1. The van der Waals surface area contributed by atoms with Crippen LogP contribution in [0.3, 0.4) is 0 Å². The fourth-order valence-corrected chi connectivity index (χ4v) is 4.02. The minimum absolute atomic E-state index is 0.219. The van der Waals surface area contributed by atoms with E-state index in [2.05, 4.69) is 15.4 Å². The molecular formula is C23H23ClN6O2. The number of halogens is 1. The van der Waals surface area contributed by atoms with Gasteiger partial charge >= 0.3 is 6.03 Å². The first-order valence-corrected chi connectivity index (χ1v) is 10.5. The van der Waals surface area contributed by atoms with Crippen molar-refractivity contribution in [1.82, 2.24) is 14.7 Å². The zero-order valence-electron chi connectivity index (χ0n) is 17.8. The van der Waals surface area contributed by atoms with Crippen molar-refractivity contribution in [3.8, 4) is 11.3 Å². The summed E-state index contributed by atoms with van der Waals surface area (Å²) < 4.78 is 1.74. The van der Waals surface area contributed by atoms with Gasteiger partial charge in [-0.1, -0.05) is 29.8 Å². The van der Waals surface area contributed by atoms with Gasteiger partial charge in [-0.05, 0) is 42.3 Å². The Labute approximate surface area is 190 Å². The van der Waals surface area contributed by atoms with Crippen molar-refractivity contribution in [2.45, 2.75) is 20.0 Å². The minimum atomic E-state index is -0.590. The molecule has 2 aromatic carbocycles. The maximum atomic E-state index is 12.9. The van der Waals surface area contributed by atoms with Crippen molar-refractivity contribution in [2.24, 2.45) is 10.7 Å². The molecule has 1 aromatic heterocycles. The number of fused-ring (bicyclic) bond motifs is 1. The molecule has 3 aromatic rings. The van der Waals surface area contributed by atoms with E-state index in [9.17, 15) is 9.59 Å². The van der Waals surface area contributed by atoms with E-state index in [1.807, 2.05) is 31.2 Å². The summed E-state index contributed by atoms with van der Waals surface area (Å²) in [5.74, 6) is -0.590. The number of benzene rings is 2. The molecule has 0 saturated carbocycles. The average molecular weight is 451 g/mol. The van der Waals surface area contributed by atoms with E-state index < -0.39 is 5.91 Å². The number of rotatable bonds is 4. The van der Waals surface area contributed by atoms with Gasteiger partial charge in [-0.2, -0.15) is 5.10 Å². The predicted molar refractivity (Wildman–Crippen MR) is 125 cm³/mol. The van der Waals surface area contributed by atoms with Gasteiger partial charge in [0, 0.05) is 36.1 Å². The number of hydrogen-bond donors (Lipinski definition) is 2. The number of carbonyl (C=O) groups is 2. The molecule has 4 rings (SSSR count). The molecule has 1 aliphatic heterocycles. The van der Waals surface area contributed by atoms with Gasteiger partial charge in [-0.15, -0.1) is 0 Å². The summed E-state index contributed by atoms with van der Waals surface area (Å²) in [6.07, 6.45) is 1.77. The summed E-state index contributed by atoms with van der Waals surface area (Å²) in [5, 5.41) is 8.05. The van der Waals surface area contributed by atoms with E-state index in [1.54, 1.807) is 41.0 Å². The molecule has 3 amide bonds. The number of aliphatic imine (C=N–C) groups is 1. The van der Waals surface area contributed by atoms with Gasteiger partial charge in [0.25, 0.3) is 5.91 Å². The second kappa shape index (κ2) is 8.84. The lowest BCUT2D eigenvalue weighted by atomic mass is 10.0. The maximum absolute atomic E-state index is 12.9. The van der Waals surface area contributed by atoms with Crippen LogP contribution in [0.1, 0.15) is 27.2 Å². The molecule has 2 heterocycles. The Kier molecular flexibility index (Phi) is 5.96. The molecule has 3 N–H and O–H groups in total. The van der Waals surface area contributed by atoms with E-state index in [-0.39, 0.29) is 12.6 Å². The molecule has 0 spiro atoms. The number of aromatic nitrogens is 2. The lowest BCUT2D eigenvalue weighted by Crippen LogP contribution is -2.41. The quantitative estimate of drug-likeness (QED) is 0.592. The van der Waals surface area contributed by atoms with Crippen LogP contribution >= 0.6 is 11.6 Å². The Morgan fingerprint density at radius 1 is 1.22 bits per heavy atom. The van der Waals surface area contributed by atoms with E-state index in [0.29, 0.717) is 46.3 Å². The highest BCUT2D eigenvalue weighted by molar-refractivity contribution is 6.30. The van der Waals surface area contributed by atoms with Gasteiger partial charge in [0.05, 0.1) is 24.3 Å². The lowest BCUT2D eigenvalue weighted by molar-refractivity contribution is 0.0997. The number of nitrogens with two attached hydrogens (primary N) is 1. The van der Waals surface area contributed by atoms with Crippen molar-refractivity contribution < 1.29 is 9.59 Å². The average Bonchev–Trinajstić information content (AvgIpc) is 3.15. The van der Waals surface area contributed by atoms with E-state index in [0.717, 1.165) is 11.1 Å². The summed E-state index contributed by atoms with van der Waals surface area (Å²) in [6.45, 7) is 3.08. The van der Waals surface area contributed by atoms with Crippen LogP contribution in [0, 0.1) is 6.92 Å². The molecule has 1 aliphatic rings. The molecule has 0 unspecified atom stereocenters. The van der Waals surface area contributed by atoms with Crippen LogP contribution in [0.15, 0.2) is 47.5 Å². The summed E-state index contributed by atoms with van der Waals surface area (Å²) >= 11 is 6.11. The smallest absolute Gasteiger partial charge is 0.322 e. The summed E-state index contributed by atoms with van der Waals surface area (Å²) in [4.78, 5) is 30.9. The van der Waals surface area contributed by atoms with Crippen LogP contribution in [0.25, 0.3) is 11.3 Å². The Bertz CT molecular complexity index is 1230. The van der Waals surface area contributed by atoms with Gasteiger partial charge < -0.3 is 16.0 Å². The molecule has 0 atom stereocenters. The molecule has 0 saturated heterocycles. The number of urea groups is 1. The Balaban J connectivity index is 1.58.